The van der Waals surface area contributed by atoms with Crippen molar-refractivity contribution >= 4 is 11.8 Å². The Bertz CT molecular complexity index is 848. The first-order chi connectivity index (χ1) is 13.9. The van der Waals surface area contributed by atoms with Gasteiger partial charge in [-0.2, -0.15) is 0 Å². The van der Waals surface area contributed by atoms with Crippen LogP contribution in [0.4, 0.5) is 4.39 Å². The molecule has 2 amide bonds. The molecule has 0 spiro atoms. The van der Waals surface area contributed by atoms with Crippen molar-refractivity contribution in [2.24, 2.45) is 11.7 Å². The van der Waals surface area contributed by atoms with E-state index in [4.69, 9.17) is 5.73 Å². The van der Waals surface area contributed by atoms with Crippen LogP contribution in [0.5, 0.6) is 0 Å². The molecular formula is C23H28FN3O2. The molecule has 0 bridgehead atoms. The van der Waals surface area contributed by atoms with E-state index in [1.165, 1.54) is 6.07 Å². The third kappa shape index (κ3) is 5.64. The molecule has 2 aromatic rings. The first kappa shape index (κ1) is 21.0. The Morgan fingerprint density at radius 2 is 1.86 bits per heavy atom. The Morgan fingerprint density at radius 3 is 2.52 bits per heavy atom. The van der Waals surface area contributed by atoms with Crippen LogP contribution in [0, 0.1) is 18.7 Å². The molecule has 154 valence electrons. The number of halogens is 1. The molecule has 0 aliphatic carbocycles. The Kier molecular flexibility index (Phi) is 6.99. The number of nitrogens with two attached hydrogens (primary N) is 1. The van der Waals surface area contributed by atoms with Crippen molar-refractivity contribution < 1.29 is 14.0 Å². The summed E-state index contributed by atoms with van der Waals surface area (Å²) in [5.41, 5.74) is 8.43. The van der Waals surface area contributed by atoms with Gasteiger partial charge in [-0.25, -0.2) is 4.39 Å². The minimum atomic E-state index is -0.320. The summed E-state index contributed by atoms with van der Waals surface area (Å²) in [5, 5.41) is 2.88. The van der Waals surface area contributed by atoms with Gasteiger partial charge in [-0.3, -0.25) is 9.59 Å². The van der Waals surface area contributed by atoms with Crippen molar-refractivity contribution in [3.63, 3.8) is 0 Å². The van der Waals surface area contributed by atoms with Gasteiger partial charge in [-0.15, -0.1) is 0 Å². The highest BCUT2D eigenvalue weighted by molar-refractivity contribution is 5.80. The molecule has 29 heavy (non-hydrogen) atoms. The Balaban J connectivity index is 1.43. The molecule has 5 nitrogen and oxygen atoms in total. The topological polar surface area (TPSA) is 75.4 Å². The van der Waals surface area contributed by atoms with Crippen molar-refractivity contribution in [2.45, 2.75) is 38.8 Å². The van der Waals surface area contributed by atoms with Crippen LogP contribution in [0.3, 0.4) is 0 Å². The Morgan fingerprint density at radius 1 is 1.17 bits per heavy atom. The quantitative estimate of drug-likeness (QED) is 0.787. The molecule has 1 unspecified atom stereocenters. The number of nitrogens with zero attached hydrogens (tertiary/aromatic N) is 1. The van der Waals surface area contributed by atoms with Crippen molar-refractivity contribution in [1.29, 1.82) is 0 Å². The van der Waals surface area contributed by atoms with E-state index < -0.39 is 0 Å². The number of benzene rings is 2. The van der Waals surface area contributed by atoms with E-state index in [9.17, 15) is 14.0 Å². The number of carbonyl (C=O) groups excluding carboxylic acids is 2. The highest BCUT2D eigenvalue weighted by Crippen LogP contribution is 2.21. The smallest absolute Gasteiger partial charge is 0.224 e. The maximum Gasteiger partial charge on any atom is 0.224 e. The average molecular weight is 397 g/mol. The standard InChI is InChI=1S/C23H28FN3O2/c1-16-7-8-17(13-20(16)24)15-26-23(29)19-9-11-27(12-10-19)22(28)14-21(25)18-5-3-2-4-6-18/h2-8,13,19,21H,9-12,14-15,25H2,1H3,(H,26,29). The first-order valence-corrected chi connectivity index (χ1v) is 10.0. The lowest BCUT2D eigenvalue weighted by atomic mass is 9.95. The Labute approximate surface area is 171 Å². The number of hydrogen-bond acceptors (Lipinski definition) is 3. The number of aryl methyl sites for hydroxylation is 1. The normalized spacial score (nSPS) is 15.8. The lowest BCUT2D eigenvalue weighted by molar-refractivity contribution is -0.136. The van der Waals surface area contributed by atoms with Gasteiger partial charge in [-0.1, -0.05) is 42.5 Å². The van der Waals surface area contributed by atoms with Crippen LogP contribution in [-0.4, -0.2) is 29.8 Å². The third-order valence-corrected chi connectivity index (χ3v) is 5.54. The minimum Gasteiger partial charge on any atom is -0.352 e. The molecule has 1 saturated heterocycles. The van der Waals surface area contributed by atoms with Gasteiger partial charge in [0.05, 0.1) is 0 Å². The predicted molar refractivity (Wildman–Crippen MR) is 110 cm³/mol. The molecule has 1 fully saturated rings. The molecule has 1 heterocycles. The fourth-order valence-corrected chi connectivity index (χ4v) is 3.61. The summed E-state index contributed by atoms with van der Waals surface area (Å²) in [5.74, 6) is -0.413. The van der Waals surface area contributed by atoms with Gasteiger partial charge >= 0.3 is 0 Å². The molecule has 1 atom stereocenters. The average Bonchev–Trinajstić information content (AvgIpc) is 2.75. The van der Waals surface area contributed by atoms with Crippen molar-refractivity contribution in [1.82, 2.24) is 10.2 Å². The van der Waals surface area contributed by atoms with Gasteiger partial charge in [0.15, 0.2) is 0 Å². The van der Waals surface area contributed by atoms with Crippen LogP contribution >= 0.6 is 0 Å². The van der Waals surface area contributed by atoms with Crippen molar-refractivity contribution in [3.8, 4) is 0 Å². The zero-order chi connectivity index (χ0) is 20.8. The van der Waals surface area contributed by atoms with Gasteiger partial charge in [0.1, 0.15) is 5.82 Å². The van der Waals surface area contributed by atoms with E-state index in [0.717, 1.165) is 11.1 Å². The van der Waals surface area contributed by atoms with E-state index in [1.807, 2.05) is 36.4 Å². The highest BCUT2D eigenvalue weighted by atomic mass is 19.1. The SMILES string of the molecule is Cc1ccc(CNC(=O)C2CCN(C(=O)CC(N)c3ccccc3)CC2)cc1F. The molecule has 0 saturated carbocycles. The fraction of sp³-hybridized carbons (Fsp3) is 0.391. The largest absolute Gasteiger partial charge is 0.352 e. The Hall–Kier alpha value is -2.73. The van der Waals surface area contributed by atoms with E-state index in [-0.39, 0.29) is 36.0 Å². The number of piperidine rings is 1. The van der Waals surface area contributed by atoms with Crippen LogP contribution in [0.15, 0.2) is 48.5 Å². The molecule has 1 aliphatic heterocycles. The second-order valence-corrected chi connectivity index (χ2v) is 7.68. The summed E-state index contributed by atoms with van der Waals surface area (Å²) in [6.45, 7) is 3.12. The number of hydrogen-bond donors (Lipinski definition) is 2. The molecule has 0 radical (unpaired) electrons. The molecule has 3 N–H and O–H groups in total. The maximum atomic E-state index is 13.6. The van der Waals surface area contributed by atoms with Crippen LogP contribution in [-0.2, 0) is 16.1 Å². The molecule has 0 aromatic heterocycles. The second kappa shape index (κ2) is 9.65. The lowest BCUT2D eigenvalue weighted by Gasteiger charge is -2.32. The number of nitrogens with one attached hydrogen (secondary N) is 1. The molecular weight excluding hydrogens is 369 g/mol. The van der Waals surface area contributed by atoms with Gasteiger partial charge < -0.3 is 16.0 Å². The van der Waals surface area contributed by atoms with Gasteiger partial charge in [0, 0.05) is 38.0 Å². The maximum absolute atomic E-state index is 13.6. The summed E-state index contributed by atoms with van der Waals surface area (Å²) in [4.78, 5) is 26.8. The predicted octanol–water partition coefficient (Wildman–Crippen LogP) is 3.08. The number of likely N-dealkylation sites (tertiary alicyclic amines) is 1. The number of rotatable bonds is 6. The van der Waals surface area contributed by atoms with E-state index in [2.05, 4.69) is 5.32 Å². The minimum absolute atomic E-state index is 0.0235. The van der Waals surface area contributed by atoms with E-state index in [0.29, 0.717) is 38.0 Å². The number of amides is 2. The van der Waals surface area contributed by atoms with E-state index >= 15 is 0 Å². The first-order valence-electron chi connectivity index (χ1n) is 10.0. The second-order valence-electron chi connectivity index (χ2n) is 7.68. The number of carbonyl (C=O) groups is 2. The van der Waals surface area contributed by atoms with Crippen LogP contribution in [0.2, 0.25) is 0 Å². The van der Waals surface area contributed by atoms with Gasteiger partial charge in [0.2, 0.25) is 11.8 Å². The van der Waals surface area contributed by atoms with Crippen molar-refractivity contribution in [3.05, 3.63) is 71.0 Å². The van der Waals surface area contributed by atoms with Crippen LogP contribution < -0.4 is 11.1 Å². The summed E-state index contributed by atoms with van der Waals surface area (Å²) < 4.78 is 13.6. The van der Waals surface area contributed by atoms with Crippen molar-refractivity contribution in [2.75, 3.05) is 13.1 Å². The molecule has 6 heteroatoms. The van der Waals surface area contributed by atoms with Gasteiger partial charge in [0.25, 0.3) is 0 Å². The van der Waals surface area contributed by atoms with Gasteiger partial charge in [-0.05, 0) is 42.5 Å². The van der Waals surface area contributed by atoms with Crippen LogP contribution in [0.25, 0.3) is 0 Å². The monoisotopic (exact) mass is 397 g/mol. The summed E-state index contributed by atoms with van der Waals surface area (Å²) in [7, 11) is 0. The molecule has 3 rings (SSSR count). The van der Waals surface area contributed by atoms with E-state index in [1.54, 1.807) is 17.9 Å². The summed E-state index contributed by atoms with van der Waals surface area (Å²) in [6, 6.07) is 14.2. The summed E-state index contributed by atoms with van der Waals surface area (Å²) in [6.07, 6.45) is 1.51. The zero-order valence-corrected chi connectivity index (χ0v) is 16.7. The summed E-state index contributed by atoms with van der Waals surface area (Å²) >= 11 is 0. The fourth-order valence-electron chi connectivity index (χ4n) is 3.61. The van der Waals surface area contributed by atoms with Crippen LogP contribution in [0.1, 0.15) is 42.0 Å². The third-order valence-electron chi connectivity index (χ3n) is 5.54. The lowest BCUT2D eigenvalue weighted by Crippen LogP contribution is -2.43. The zero-order valence-electron chi connectivity index (χ0n) is 16.7. The molecule has 2 aromatic carbocycles. The molecule has 1 aliphatic rings. The highest BCUT2D eigenvalue weighted by Gasteiger charge is 2.28.